The van der Waals surface area contributed by atoms with Crippen LogP contribution in [0.1, 0.15) is 30.8 Å². The number of aliphatic hydroxyl groups is 3. The van der Waals surface area contributed by atoms with Gasteiger partial charge >= 0.3 is 0 Å². The van der Waals surface area contributed by atoms with Crippen molar-refractivity contribution in [1.82, 2.24) is 4.98 Å². The van der Waals surface area contributed by atoms with Crippen molar-refractivity contribution in [3.63, 3.8) is 0 Å². The highest BCUT2D eigenvalue weighted by Crippen LogP contribution is 2.47. The molecule has 5 rings (SSSR count). The molecule has 1 aliphatic heterocycles. The first-order chi connectivity index (χ1) is 17.0. The van der Waals surface area contributed by atoms with Crippen LogP contribution in [0.5, 0.6) is 0 Å². The summed E-state index contributed by atoms with van der Waals surface area (Å²) in [6.45, 7) is 2.69. The van der Waals surface area contributed by atoms with Gasteiger partial charge < -0.3 is 19.7 Å². The van der Waals surface area contributed by atoms with Gasteiger partial charge in [0.1, 0.15) is 11.3 Å². The normalized spacial score (nSPS) is 15.6. The van der Waals surface area contributed by atoms with E-state index in [2.05, 4.69) is 0 Å². The van der Waals surface area contributed by atoms with E-state index in [-0.39, 0.29) is 23.6 Å². The van der Waals surface area contributed by atoms with Gasteiger partial charge in [-0.25, -0.2) is 4.98 Å². The van der Waals surface area contributed by atoms with Gasteiger partial charge in [-0.2, -0.15) is 0 Å². The molecule has 0 saturated carbocycles. The maximum Gasteiger partial charge on any atom is 0.257 e. The lowest BCUT2D eigenvalue weighted by molar-refractivity contribution is -0.143. The van der Waals surface area contributed by atoms with Crippen molar-refractivity contribution >= 4 is 57.7 Å². The van der Waals surface area contributed by atoms with Crippen LogP contribution in [-0.4, -0.2) is 43.4 Å². The Morgan fingerprint density at radius 3 is 2.42 bits per heavy atom. The van der Waals surface area contributed by atoms with Gasteiger partial charge in [-0.05, 0) is 55.6 Å². The highest BCUT2D eigenvalue weighted by atomic mass is 35.5. The highest BCUT2D eigenvalue weighted by Gasteiger charge is 2.44. The molecule has 186 valence electrons. The fraction of sp³-hybridized carbons (Fsp3) is 0.231. The summed E-state index contributed by atoms with van der Waals surface area (Å²) in [5.41, 5.74) is 1.05. The lowest BCUT2D eigenvalue weighted by Crippen LogP contribution is -2.41. The van der Waals surface area contributed by atoms with Crippen molar-refractivity contribution in [3.05, 3.63) is 70.4 Å². The summed E-state index contributed by atoms with van der Waals surface area (Å²) in [6, 6.07) is 16.2. The van der Waals surface area contributed by atoms with Crippen LogP contribution in [0.15, 0.2) is 59.0 Å². The minimum atomic E-state index is -2.22. The van der Waals surface area contributed by atoms with Gasteiger partial charge in [-0.1, -0.05) is 53.5 Å². The van der Waals surface area contributed by atoms with Crippen LogP contribution in [0.2, 0.25) is 10.0 Å². The SMILES string of the molecule is CC(C)(O)C(=O)c1oc2nc(-c3ccccc3Cl)c(-c3ccc(Cl)cc3)cc2c1N1SCCC1(O)O. The number of hydrogen-bond donors (Lipinski definition) is 3. The molecule has 0 spiro atoms. The van der Waals surface area contributed by atoms with Crippen LogP contribution < -0.4 is 4.31 Å². The Morgan fingerprint density at radius 2 is 1.81 bits per heavy atom. The number of anilines is 1. The number of Topliss-reactive ketones (excluding diaryl/α,β-unsaturated/α-hetero) is 1. The molecule has 7 nitrogen and oxygen atoms in total. The third-order valence-electron chi connectivity index (χ3n) is 5.89. The molecule has 1 fully saturated rings. The molecule has 1 saturated heterocycles. The van der Waals surface area contributed by atoms with Crippen LogP contribution in [0.4, 0.5) is 5.69 Å². The van der Waals surface area contributed by atoms with Crippen LogP contribution in [-0.2, 0) is 0 Å². The molecule has 0 bridgehead atoms. The fourth-order valence-corrected chi connectivity index (χ4v) is 5.58. The van der Waals surface area contributed by atoms with E-state index in [1.54, 1.807) is 24.3 Å². The number of hydrogen-bond acceptors (Lipinski definition) is 8. The number of pyridine rings is 1. The average molecular weight is 545 g/mol. The molecule has 3 N–H and O–H groups in total. The molecule has 36 heavy (non-hydrogen) atoms. The van der Waals surface area contributed by atoms with Crippen molar-refractivity contribution in [1.29, 1.82) is 0 Å². The number of fused-ring (bicyclic) bond motifs is 1. The van der Waals surface area contributed by atoms with Crippen molar-refractivity contribution < 1.29 is 24.5 Å². The summed E-state index contributed by atoms with van der Waals surface area (Å²) in [6.07, 6.45) is 0.0513. The van der Waals surface area contributed by atoms with Crippen LogP contribution in [0.3, 0.4) is 0 Å². The van der Waals surface area contributed by atoms with Crippen molar-refractivity contribution in [2.24, 2.45) is 0 Å². The summed E-state index contributed by atoms with van der Waals surface area (Å²) >= 11 is 13.8. The smallest absolute Gasteiger partial charge is 0.257 e. The molecular formula is C26H22Cl2N2O5S. The Bertz CT molecular complexity index is 1480. The Kier molecular flexibility index (Phi) is 6.31. The zero-order valence-corrected chi connectivity index (χ0v) is 21.7. The van der Waals surface area contributed by atoms with E-state index >= 15 is 0 Å². The second-order valence-electron chi connectivity index (χ2n) is 9.04. The maximum absolute atomic E-state index is 13.2. The summed E-state index contributed by atoms with van der Waals surface area (Å²) in [4.78, 5) is 18.0. The molecule has 1 aliphatic rings. The van der Waals surface area contributed by atoms with Crippen LogP contribution in [0, 0.1) is 0 Å². The predicted molar refractivity (Wildman–Crippen MR) is 142 cm³/mol. The number of carbonyl (C=O) groups excluding carboxylic acids is 1. The molecule has 4 aromatic rings. The fourth-order valence-electron chi connectivity index (χ4n) is 4.08. The largest absolute Gasteiger partial charge is 0.432 e. The summed E-state index contributed by atoms with van der Waals surface area (Å²) < 4.78 is 7.18. The number of aromatic nitrogens is 1. The van der Waals surface area contributed by atoms with Crippen molar-refractivity contribution in [3.8, 4) is 22.4 Å². The number of rotatable bonds is 5. The number of carbonyl (C=O) groups is 1. The highest BCUT2D eigenvalue weighted by molar-refractivity contribution is 8.01. The molecule has 2 aromatic heterocycles. The van der Waals surface area contributed by atoms with Gasteiger partial charge in [0.15, 0.2) is 0 Å². The minimum Gasteiger partial charge on any atom is -0.432 e. The minimum absolute atomic E-state index is 0.0513. The van der Waals surface area contributed by atoms with Crippen LogP contribution in [0.25, 0.3) is 33.5 Å². The summed E-state index contributed by atoms with van der Waals surface area (Å²) in [5, 5.41) is 33.2. The molecule has 0 unspecified atom stereocenters. The monoisotopic (exact) mass is 544 g/mol. The van der Waals surface area contributed by atoms with E-state index in [0.717, 1.165) is 17.5 Å². The third kappa shape index (κ3) is 4.38. The van der Waals surface area contributed by atoms with Gasteiger partial charge in [0, 0.05) is 33.3 Å². The van der Waals surface area contributed by atoms with Gasteiger partial charge in [-0.3, -0.25) is 9.10 Å². The number of benzene rings is 2. The Morgan fingerprint density at radius 1 is 1.11 bits per heavy atom. The van der Waals surface area contributed by atoms with Gasteiger partial charge in [0.2, 0.25) is 17.3 Å². The number of furan rings is 1. The lowest BCUT2D eigenvalue weighted by atomic mass is 9.97. The molecule has 0 aliphatic carbocycles. The topological polar surface area (TPSA) is 107 Å². The number of halogens is 2. The van der Waals surface area contributed by atoms with Gasteiger partial charge in [-0.15, -0.1) is 0 Å². The first kappa shape index (κ1) is 25.1. The quantitative estimate of drug-likeness (QED) is 0.161. The second-order valence-corrected chi connectivity index (χ2v) is 10.9. The predicted octanol–water partition coefficient (Wildman–Crippen LogP) is 5.92. The summed E-state index contributed by atoms with van der Waals surface area (Å²) in [7, 11) is 0. The van der Waals surface area contributed by atoms with E-state index in [0.29, 0.717) is 38.0 Å². The van der Waals surface area contributed by atoms with E-state index < -0.39 is 17.3 Å². The van der Waals surface area contributed by atoms with Gasteiger partial charge in [0.05, 0.1) is 11.1 Å². The molecule has 2 aromatic carbocycles. The van der Waals surface area contributed by atoms with E-state index in [1.807, 2.05) is 30.3 Å². The second kappa shape index (κ2) is 9.06. The molecule has 0 amide bonds. The molecule has 10 heteroatoms. The first-order valence-electron chi connectivity index (χ1n) is 11.1. The Hall–Kier alpha value is -2.59. The Labute approximate surface area is 221 Å². The van der Waals surface area contributed by atoms with E-state index in [1.165, 1.54) is 18.2 Å². The number of ketones is 1. The molecule has 0 atom stereocenters. The summed E-state index contributed by atoms with van der Waals surface area (Å²) in [5.74, 6) is -2.75. The molecule has 3 heterocycles. The van der Waals surface area contributed by atoms with Crippen molar-refractivity contribution in [2.45, 2.75) is 31.8 Å². The zero-order chi connectivity index (χ0) is 25.8. The maximum atomic E-state index is 13.2. The average Bonchev–Trinajstić information content (AvgIpc) is 3.36. The molecule has 0 radical (unpaired) electrons. The van der Waals surface area contributed by atoms with Crippen molar-refractivity contribution in [2.75, 3.05) is 10.1 Å². The zero-order valence-electron chi connectivity index (χ0n) is 19.3. The standard InChI is InChI=1S/C26H22Cl2N2O5S/c1-25(2,32)23(31)22-21(30-26(33,34)11-12-36-30)18-13-17(14-7-9-15(27)10-8-14)20(29-24(18)35-22)16-5-3-4-6-19(16)28/h3-10,13,32-34H,11-12H2,1-2H3. The van der Waals surface area contributed by atoms with Gasteiger partial charge in [0.25, 0.3) is 5.91 Å². The van der Waals surface area contributed by atoms with E-state index in [9.17, 15) is 20.1 Å². The lowest BCUT2D eigenvalue weighted by Gasteiger charge is -2.28. The first-order valence-corrected chi connectivity index (χ1v) is 12.8. The number of nitrogens with zero attached hydrogens (tertiary/aromatic N) is 2. The molecular weight excluding hydrogens is 523 g/mol. The Balaban J connectivity index is 1.86. The third-order valence-corrected chi connectivity index (χ3v) is 7.59. The van der Waals surface area contributed by atoms with E-state index in [4.69, 9.17) is 32.6 Å². The van der Waals surface area contributed by atoms with Crippen LogP contribution >= 0.6 is 35.1 Å².